The Hall–Kier alpha value is -3.67. The van der Waals surface area contributed by atoms with E-state index in [0.717, 1.165) is 10.8 Å². The van der Waals surface area contributed by atoms with Crippen LogP contribution in [0.4, 0.5) is 5.69 Å². The molecule has 0 bridgehead atoms. The molecule has 29 heavy (non-hydrogen) atoms. The SMILES string of the molecule is CC(=O)c1ccc(NC(=O)[C@H](C)OC(=O)COc2ccc3ccccc3c2)cc1. The molecule has 6 nitrogen and oxygen atoms in total. The molecule has 0 fully saturated rings. The van der Waals surface area contributed by atoms with Gasteiger partial charge in [-0.3, -0.25) is 9.59 Å². The summed E-state index contributed by atoms with van der Waals surface area (Å²) in [5, 5.41) is 4.71. The van der Waals surface area contributed by atoms with E-state index in [1.807, 2.05) is 36.4 Å². The number of Topliss-reactive ketones (excluding diaryl/α,β-unsaturated/α-hetero) is 1. The van der Waals surface area contributed by atoms with Crippen LogP contribution in [-0.2, 0) is 14.3 Å². The zero-order chi connectivity index (χ0) is 20.8. The Kier molecular flexibility index (Phi) is 6.24. The highest BCUT2D eigenvalue weighted by Gasteiger charge is 2.18. The standard InChI is InChI=1S/C23H21NO5/c1-15(25)17-7-10-20(11-8-17)24-23(27)16(2)29-22(26)14-28-21-12-9-18-5-3-4-6-19(18)13-21/h3-13,16H,14H2,1-2H3,(H,24,27)/t16-/m0/s1. The number of ether oxygens (including phenoxy) is 2. The van der Waals surface area contributed by atoms with E-state index in [1.165, 1.54) is 13.8 Å². The number of esters is 1. The van der Waals surface area contributed by atoms with Crippen LogP contribution >= 0.6 is 0 Å². The largest absolute Gasteiger partial charge is 0.482 e. The van der Waals surface area contributed by atoms with Gasteiger partial charge >= 0.3 is 5.97 Å². The lowest BCUT2D eigenvalue weighted by atomic mass is 10.1. The molecule has 3 rings (SSSR count). The fourth-order valence-corrected chi connectivity index (χ4v) is 2.72. The Morgan fingerprint density at radius 2 is 1.62 bits per heavy atom. The molecule has 0 heterocycles. The van der Waals surface area contributed by atoms with Gasteiger partial charge in [0.25, 0.3) is 5.91 Å². The summed E-state index contributed by atoms with van der Waals surface area (Å²) in [6.07, 6.45) is -0.991. The first kappa shape index (κ1) is 20.1. The van der Waals surface area contributed by atoms with Gasteiger partial charge in [0.05, 0.1) is 0 Å². The summed E-state index contributed by atoms with van der Waals surface area (Å²) in [4.78, 5) is 35.5. The molecule has 0 radical (unpaired) electrons. The molecule has 1 amide bonds. The molecular weight excluding hydrogens is 370 g/mol. The van der Waals surface area contributed by atoms with Crippen molar-refractivity contribution in [3.63, 3.8) is 0 Å². The molecule has 0 saturated heterocycles. The lowest BCUT2D eigenvalue weighted by Gasteiger charge is -2.14. The van der Waals surface area contributed by atoms with Crippen molar-refractivity contribution in [3.05, 3.63) is 72.3 Å². The molecule has 0 unspecified atom stereocenters. The van der Waals surface area contributed by atoms with Crippen molar-refractivity contribution in [1.82, 2.24) is 0 Å². The minimum atomic E-state index is -0.991. The quantitative estimate of drug-likeness (QED) is 0.486. The third-order valence-electron chi connectivity index (χ3n) is 4.31. The fourth-order valence-electron chi connectivity index (χ4n) is 2.72. The Bertz CT molecular complexity index is 1040. The fraction of sp³-hybridized carbons (Fsp3) is 0.174. The molecule has 0 spiro atoms. The second-order valence-electron chi connectivity index (χ2n) is 6.55. The van der Waals surface area contributed by atoms with E-state index in [2.05, 4.69) is 5.32 Å². The van der Waals surface area contributed by atoms with Crippen molar-refractivity contribution in [2.24, 2.45) is 0 Å². The summed E-state index contributed by atoms with van der Waals surface area (Å²) in [7, 11) is 0. The van der Waals surface area contributed by atoms with E-state index in [4.69, 9.17) is 9.47 Å². The van der Waals surface area contributed by atoms with E-state index in [0.29, 0.717) is 17.0 Å². The van der Waals surface area contributed by atoms with Crippen molar-refractivity contribution in [3.8, 4) is 5.75 Å². The number of nitrogens with one attached hydrogen (secondary N) is 1. The molecule has 0 aliphatic carbocycles. The predicted octanol–water partition coefficient (Wildman–Crippen LogP) is 3.99. The van der Waals surface area contributed by atoms with Gasteiger partial charge in [-0.1, -0.05) is 30.3 Å². The van der Waals surface area contributed by atoms with Crippen LogP contribution in [0.2, 0.25) is 0 Å². The first-order valence-corrected chi connectivity index (χ1v) is 9.15. The molecule has 1 atom stereocenters. The first-order valence-electron chi connectivity index (χ1n) is 9.15. The van der Waals surface area contributed by atoms with Gasteiger partial charge in [0.1, 0.15) is 5.75 Å². The minimum Gasteiger partial charge on any atom is -0.482 e. The molecule has 1 N–H and O–H groups in total. The normalized spacial score (nSPS) is 11.5. The van der Waals surface area contributed by atoms with E-state index in [9.17, 15) is 14.4 Å². The Morgan fingerprint density at radius 3 is 2.31 bits per heavy atom. The molecule has 3 aromatic rings. The summed E-state index contributed by atoms with van der Waals surface area (Å²) in [5.74, 6) is -0.632. The van der Waals surface area contributed by atoms with E-state index >= 15 is 0 Å². The number of benzene rings is 3. The lowest BCUT2D eigenvalue weighted by molar-refractivity contribution is -0.155. The Labute approximate surface area is 168 Å². The van der Waals surface area contributed by atoms with E-state index in [-0.39, 0.29) is 12.4 Å². The number of amides is 1. The number of hydrogen-bond donors (Lipinski definition) is 1. The van der Waals surface area contributed by atoms with Crippen LogP contribution < -0.4 is 10.1 Å². The second kappa shape index (κ2) is 9.01. The number of carbonyl (C=O) groups excluding carboxylic acids is 3. The number of fused-ring (bicyclic) bond motifs is 1. The summed E-state index contributed by atoms with van der Waals surface area (Å²) in [6, 6.07) is 19.8. The maximum Gasteiger partial charge on any atom is 0.344 e. The average Bonchev–Trinajstić information content (AvgIpc) is 2.72. The smallest absolute Gasteiger partial charge is 0.344 e. The van der Waals surface area contributed by atoms with Gasteiger partial charge in [-0.2, -0.15) is 0 Å². The number of ketones is 1. The predicted molar refractivity (Wildman–Crippen MR) is 110 cm³/mol. The third kappa shape index (κ3) is 5.42. The maximum atomic E-state index is 12.2. The number of carbonyl (C=O) groups is 3. The molecule has 0 aliphatic heterocycles. The lowest BCUT2D eigenvalue weighted by Crippen LogP contribution is -2.31. The topological polar surface area (TPSA) is 81.7 Å². The van der Waals surface area contributed by atoms with Crippen LogP contribution in [0.1, 0.15) is 24.2 Å². The van der Waals surface area contributed by atoms with Crippen molar-refractivity contribution < 1.29 is 23.9 Å². The third-order valence-corrected chi connectivity index (χ3v) is 4.31. The molecule has 6 heteroatoms. The number of hydrogen-bond acceptors (Lipinski definition) is 5. The van der Waals surface area contributed by atoms with Crippen LogP contribution in [0.15, 0.2) is 66.7 Å². The molecule has 0 aliphatic rings. The summed E-state index contributed by atoms with van der Waals surface area (Å²) >= 11 is 0. The van der Waals surface area contributed by atoms with Gasteiger partial charge in [-0.15, -0.1) is 0 Å². The summed E-state index contributed by atoms with van der Waals surface area (Å²) in [5.41, 5.74) is 1.06. The molecule has 3 aromatic carbocycles. The molecular formula is C23H21NO5. The number of anilines is 1. The Morgan fingerprint density at radius 1 is 0.931 bits per heavy atom. The summed E-state index contributed by atoms with van der Waals surface area (Å²) in [6.45, 7) is 2.64. The monoisotopic (exact) mass is 391 g/mol. The van der Waals surface area contributed by atoms with Crippen molar-refractivity contribution >= 4 is 34.1 Å². The summed E-state index contributed by atoms with van der Waals surface area (Å²) < 4.78 is 10.6. The molecule has 148 valence electrons. The van der Waals surface area contributed by atoms with Gasteiger partial charge in [0, 0.05) is 11.3 Å². The van der Waals surface area contributed by atoms with Gasteiger partial charge in [-0.25, -0.2) is 4.79 Å². The van der Waals surface area contributed by atoms with Gasteiger partial charge in [0.2, 0.25) is 0 Å². The van der Waals surface area contributed by atoms with Crippen LogP contribution in [0.5, 0.6) is 5.75 Å². The molecule has 0 aromatic heterocycles. The minimum absolute atomic E-state index is 0.0587. The van der Waals surface area contributed by atoms with Crippen LogP contribution in [-0.4, -0.2) is 30.4 Å². The van der Waals surface area contributed by atoms with Gasteiger partial charge < -0.3 is 14.8 Å². The van der Waals surface area contributed by atoms with E-state index < -0.39 is 18.0 Å². The van der Waals surface area contributed by atoms with Crippen molar-refractivity contribution in [2.45, 2.75) is 20.0 Å². The average molecular weight is 391 g/mol. The highest BCUT2D eigenvalue weighted by molar-refractivity contribution is 5.97. The van der Waals surface area contributed by atoms with E-state index in [1.54, 1.807) is 30.3 Å². The van der Waals surface area contributed by atoms with Crippen LogP contribution in [0, 0.1) is 0 Å². The van der Waals surface area contributed by atoms with Gasteiger partial charge in [0.15, 0.2) is 18.5 Å². The maximum absolute atomic E-state index is 12.2. The van der Waals surface area contributed by atoms with Crippen LogP contribution in [0.25, 0.3) is 10.8 Å². The number of rotatable bonds is 7. The highest BCUT2D eigenvalue weighted by Crippen LogP contribution is 2.20. The van der Waals surface area contributed by atoms with Crippen LogP contribution in [0.3, 0.4) is 0 Å². The zero-order valence-electron chi connectivity index (χ0n) is 16.2. The van der Waals surface area contributed by atoms with Gasteiger partial charge in [-0.05, 0) is 61.0 Å². The zero-order valence-corrected chi connectivity index (χ0v) is 16.2. The second-order valence-corrected chi connectivity index (χ2v) is 6.55. The molecule has 0 saturated carbocycles. The highest BCUT2D eigenvalue weighted by atomic mass is 16.6. The first-order chi connectivity index (χ1) is 13.9. The van der Waals surface area contributed by atoms with Crippen molar-refractivity contribution in [2.75, 3.05) is 11.9 Å². The Balaban J connectivity index is 1.49. The van der Waals surface area contributed by atoms with Crippen molar-refractivity contribution in [1.29, 1.82) is 0 Å².